The van der Waals surface area contributed by atoms with Crippen molar-refractivity contribution in [3.63, 3.8) is 0 Å². The van der Waals surface area contributed by atoms with Gasteiger partial charge in [-0.15, -0.1) is 4.31 Å². The number of nitrogens with two attached hydrogens (primary N) is 1. The van der Waals surface area contributed by atoms with Crippen LogP contribution >= 0.6 is 0 Å². The van der Waals surface area contributed by atoms with Gasteiger partial charge in [0.1, 0.15) is 4.90 Å². The van der Waals surface area contributed by atoms with Crippen LogP contribution in [0.4, 0.5) is 4.79 Å². The van der Waals surface area contributed by atoms with Crippen molar-refractivity contribution in [1.82, 2.24) is 4.31 Å². The van der Waals surface area contributed by atoms with E-state index >= 15 is 0 Å². The first-order valence-corrected chi connectivity index (χ1v) is 5.38. The Morgan fingerprint density at radius 2 is 1.87 bits per heavy atom. The zero-order chi connectivity index (χ0) is 11.2. The Hall–Kier alpha value is -1.89. The topological polar surface area (TPSA) is 97.5 Å². The number of imide groups is 1. The molecule has 6 nitrogen and oxygen atoms in total. The molecule has 2 N–H and O–H groups in total. The van der Waals surface area contributed by atoms with Crippen molar-refractivity contribution in [2.75, 3.05) is 0 Å². The Bertz CT molecular complexity index is 564. The third-order valence-electron chi connectivity index (χ3n) is 2.02. The van der Waals surface area contributed by atoms with E-state index in [4.69, 9.17) is 5.73 Å². The fourth-order valence-corrected chi connectivity index (χ4v) is 2.84. The highest BCUT2D eigenvalue weighted by Gasteiger charge is 2.44. The summed E-state index contributed by atoms with van der Waals surface area (Å²) in [5.74, 6) is -0.905. The molecule has 0 aromatic heterocycles. The molecule has 7 heteroatoms. The third-order valence-corrected chi connectivity index (χ3v) is 3.76. The molecule has 0 fully saturated rings. The highest BCUT2D eigenvalue weighted by molar-refractivity contribution is 7.90. The molecule has 2 rings (SSSR count). The first kappa shape index (κ1) is 9.66. The van der Waals surface area contributed by atoms with Gasteiger partial charge in [0.05, 0.1) is 5.56 Å². The van der Waals surface area contributed by atoms with E-state index in [0.717, 1.165) is 0 Å². The molecule has 0 spiro atoms. The van der Waals surface area contributed by atoms with Crippen LogP contribution in [0, 0.1) is 0 Å². The molecule has 1 aliphatic rings. The van der Waals surface area contributed by atoms with E-state index in [2.05, 4.69) is 0 Å². The first-order chi connectivity index (χ1) is 6.96. The minimum atomic E-state index is -4.09. The van der Waals surface area contributed by atoms with Gasteiger partial charge in [-0.05, 0) is 12.1 Å². The molecular formula is C8H6N2O4S. The first-order valence-electron chi connectivity index (χ1n) is 3.94. The maximum atomic E-state index is 11.6. The van der Waals surface area contributed by atoms with Gasteiger partial charge in [-0.25, -0.2) is 13.2 Å². The average molecular weight is 226 g/mol. The summed E-state index contributed by atoms with van der Waals surface area (Å²) < 4.78 is 23.3. The van der Waals surface area contributed by atoms with Crippen LogP contribution in [-0.4, -0.2) is 24.7 Å². The zero-order valence-electron chi connectivity index (χ0n) is 7.38. The maximum Gasteiger partial charge on any atom is 0.336 e. The largest absolute Gasteiger partial charge is 0.350 e. The van der Waals surface area contributed by atoms with E-state index in [1.165, 1.54) is 24.3 Å². The number of sulfonamides is 1. The lowest BCUT2D eigenvalue weighted by Crippen LogP contribution is -2.40. The predicted molar refractivity (Wildman–Crippen MR) is 49.4 cm³/mol. The summed E-state index contributed by atoms with van der Waals surface area (Å²) in [6, 6.07) is 4.27. The smallest absolute Gasteiger partial charge is 0.336 e. The summed E-state index contributed by atoms with van der Waals surface area (Å²) in [6.07, 6.45) is 0. The number of urea groups is 1. The highest BCUT2D eigenvalue weighted by Crippen LogP contribution is 2.29. The molecule has 1 aromatic rings. The second-order valence-electron chi connectivity index (χ2n) is 2.91. The van der Waals surface area contributed by atoms with E-state index in [1.807, 2.05) is 0 Å². The zero-order valence-corrected chi connectivity index (χ0v) is 8.19. The predicted octanol–water partition coefficient (Wildman–Crippen LogP) is -0.0902. The molecule has 3 amide bonds. The summed E-state index contributed by atoms with van der Waals surface area (Å²) in [4.78, 5) is 22.2. The monoisotopic (exact) mass is 226 g/mol. The number of carbonyl (C=O) groups is 2. The number of hydrogen-bond acceptors (Lipinski definition) is 4. The Morgan fingerprint density at radius 1 is 1.27 bits per heavy atom. The Morgan fingerprint density at radius 3 is 2.40 bits per heavy atom. The van der Waals surface area contributed by atoms with E-state index in [0.29, 0.717) is 0 Å². The van der Waals surface area contributed by atoms with Gasteiger partial charge >= 0.3 is 6.03 Å². The Balaban J connectivity index is 2.77. The molecule has 1 heterocycles. The van der Waals surface area contributed by atoms with Gasteiger partial charge in [-0.2, -0.15) is 0 Å². The maximum absolute atomic E-state index is 11.6. The molecule has 78 valence electrons. The Kier molecular flexibility index (Phi) is 1.80. The molecule has 0 aliphatic carbocycles. The van der Waals surface area contributed by atoms with E-state index < -0.39 is 22.0 Å². The SMILES string of the molecule is NC(=O)N1C(=O)c2ccccc2S1(=O)=O. The Labute approximate surface area is 85.3 Å². The molecule has 15 heavy (non-hydrogen) atoms. The summed E-state index contributed by atoms with van der Waals surface area (Å²) >= 11 is 0. The van der Waals surface area contributed by atoms with Crippen molar-refractivity contribution in [1.29, 1.82) is 0 Å². The number of carbonyl (C=O) groups excluding carboxylic acids is 2. The van der Waals surface area contributed by atoms with E-state index in [-0.39, 0.29) is 14.8 Å². The second-order valence-corrected chi connectivity index (χ2v) is 4.66. The lowest BCUT2D eigenvalue weighted by Gasteiger charge is -2.08. The van der Waals surface area contributed by atoms with Gasteiger partial charge < -0.3 is 5.73 Å². The van der Waals surface area contributed by atoms with Crippen molar-refractivity contribution in [2.24, 2.45) is 5.73 Å². The van der Waals surface area contributed by atoms with Gasteiger partial charge in [-0.1, -0.05) is 12.1 Å². The van der Waals surface area contributed by atoms with Crippen LogP contribution in [0.3, 0.4) is 0 Å². The van der Waals surface area contributed by atoms with Gasteiger partial charge in [0, 0.05) is 0 Å². The molecule has 0 unspecified atom stereocenters. The highest BCUT2D eigenvalue weighted by atomic mass is 32.2. The van der Waals surface area contributed by atoms with Crippen LogP contribution in [0.25, 0.3) is 0 Å². The van der Waals surface area contributed by atoms with Crippen LogP contribution in [0.2, 0.25) is 0 Å². The van der Waals surface area contributed by atoms with Gasteiger partial charge in [0.25, 0.3) is 15.9 Å². The average Bonchev–Trinajstić information content (AvgIpc) is 2.36. The fraction of sp³-hybridized carbons (Fsp3) is 0. The number of hydrogen-bond donors (Lipinski definition) is 1. The summed E-state index contributed by atoms with van der Waals surface area (Å²) in [6.45, 7) is 0. The van der Waals surface area contributed by atoms with Gasteiger partial charge in [-0.3, -0.25) is 4.79 Å². The standard InChI is InChI=1S/C8H6N2O4S/c9-8(12)10-7(11)5-3-1-2-4-6(5)15(10,13)14/h1-4H,(H2,9,12). The van der Waals surface area contributed by atoms with Crippen LogP contribution in [-0.2, 0) is 10.0 Å². The van der Waals surface area contributed by atoms with Crippen molar-refractivity contribution < 1.29 is 18.0 Å². The molecule has 0 saturated heterocycles. The summed E-state index contributed by atoms with van der Waals surface area (Å²) in [5, 5.41) is 0. The second kappa shape index (κ2) is 2.80. The molecule has 1 aromatic carbocycles. The van der Waals surface area contributed by atoms with E-state index in [1.54, 1.807) is 0 Å². The molecule has 1 aliphatic heterocycles. The molecule has 0 saturated carbocycles. The minimum absolute atomic E-state index is 0.0312. The number of amides is 3. The van der Waals surface area contributed by atoms with E-state index in [9.17, 15) is 18.0 Å². The van der Waals surface area contributed by atoms with Crippen molar-refractivity contribution in [3.05, 3.63) is 29.8 Å². The quantitative estimate of drug-likeness (QED) is 0.668. The third kappa shape index (κ3) is 1.13. The van der Waals surface area contributed by atoms with Crippen molar-refractivity contribution >= 4 is 22.0 Å². The van der Waals surface area contributed by atoms with Crippen LogP contribution < -0.4 is 5.73 Å². The van der Waals surface area contributed by atoms with Crippen molar-refractivity contribution in [3.8, 4) is 0 Å². The van der Waals surface area contributed by atoms with Crippen molar-refractivity contribution in [2.45, 2.75) is 4.90 Å². The fourth-order valence-electron chi connectivity index (χ4n) is 1.40. The summed E-state index contributed by atoms with van der Waals surface area (Å²) in [5.41, 5.74) is 4.80. The molecular weight excluding hydrogens is 220 g/mol. The lowest BCUT2D eigenvalue weighted by atomic mass is 10.2. The number of rotatable bonds is 0. The number of benzene rings is 1. The van der Waals surface area contributed by atoms with Gasteiger partial charge in [0.2, 0.25) is 0 Å². The van der Waals surface area contributed by atoms with Gasteiger partial charge in [0.15, 0.2) is 0 Å². The molecule has 0 radical (unpaired) electrons. The lowest BCUT2D eigenvalue weighted by molar-refractivity contribution is 0.0898. The number of primary amides is 1. The molecule has 0 bridgehead atoms. The number of fused-ring (bicyclic) bond motifs is 1. The van der Waals surface area contributed by atoms with Crippen LogP contribution in [0.5, 0.6) is 0 Å². The van der Waals surface area contributed by atoms with Crippen LogP contribution in [0.1, 0.15) is 10.4 Å². The van der Waals surface area contributed by atoms with Crippen LogP contribution in [0.15, 0.2) is 29.2 Å². The number of nitrogens with zero attached hydrogens (tertiary/aromatic N) is 1. The minimum Gasteiger partial charge on any atom is -0.350 e. The summed E-state index contributed by atoms with van der Waals surface area (Å²) in [7, 11) is -4.09. The normalized spacial score (nSPS) is 17.6. The molecule has 0 atom stereocenters.